The van der Waals surface area contributed by atoms with Crippen LogP contribution in [0.15, 0.2) is 70.1 Å². The maximum absolute atomic E-state index is 6.09. The second-order valence-electron chi connectivity index (χ2n) is 7.09. The third kappa shape index (κ3) is 5.65. The maximum Gasteiger partial charge on any atom is 0.193 e. The van der Waals surface area contributed by atoms with Crippen LogP contribution in [0, 0.1) is 0 Å². The van der Waals surface area contributed by atoms with E-state index in [4.69, 9.17) is 9.15 Å². The number of para-hydroxylation sites is 2. The van der Waals surface area contributed by atoms with Crippen LogP contribution in [0.4, 0.5) is 0 Å². The molecule has 6 heteroatoms. The zero-order valence-corrected chi connectivity index (χ0v) is 19.0. The van der Waals surface area contributed by atoms with Gasteiger partial charge in [-0.3, -0.25) is 4.99 Å². The second kappa shape index (κ2) is 10.5. The summed E-state index contributed by atoms with van der Waals surface area (Å²) in [6, 6.07) is 20.3. The van der Waals surface area contributed by atoms with E-state index < -0.39 is 0 Å². The van der Waals surface area contributed by atoms with Crippen LogP contribution in [0.1, 0.15) is 18.6 Å². The van der Waals surface area contributed by atoms with Crippen molar-refractivity contribution in [2.24, 2.45) is 4.99 Å². The first-order valence-corrected chi connectivity index (χ1v) is 9.96. The average molecular weight is 505 g/mol. The lowest BCUT2D eigenvalue weighted by Crippen LogP contribution is -2.47. The normalized spacial score (nSPS) is 15.2. The SMILES string of the molecule is CN=C(NCCc1cc2ccccc2o1)N1CCC(Oc2ccccc2)CC1.I. The molecule has 3 aromatic rings. The number of piperidine rings is 1. The van der Waals surface area contributed by atoms with Crippen LogP contribution in [0.2, 0.25) is 0 Å². The van der Waals surface area contributed by atoms with Gasteiger partial charge in [0.15, 0.2) is 5.96 Å². The Labute approximate surface area is 189 Å². The Morgan fingerprint density at radius 3 is 2.55 bits per heavy atom. The summed E-state index contributed by atoms with van der Waals surface area (Å²) in [5, 5.41) is 4.63. The first kappa shape index (κ1) is 21.5. The third-order valence-electron chi connectivity index (χ3n) is 5.13. The molecular formula is C23H28IN3O2. The Balaban J connectivity index is 0.00000240. The Kier molecular flexibility index (Phi) is 7.80. The summed E-state index contributed by atoms with van der Waals surface area (Å²) >= 11 is 0. The van der Waals surface area contributed by atoms with Gasteiger partial charge in [-0.1, -0.05) is 36.4 Å². The minimum absolute atomic E-state index is 0. The van der Waals surface area contributed by atoms with Crippen LogP contribution in [-0.2, 0) is 6.42 Å². The highest BCUT2D eigenvalue weighted by molar-refractivity contribution is 14.0. The number of hydrogen-bond acceptors (Lipinski definition) is 3. The minimum Gasteiger partial charge on any atom is -0.490 e. The predicted octanol–water partition coefficient (Wildman–Crippen LogP) is 4.71. The van der Waals surface area contributed by atoms with Crippen LogP contribution in [0.5, 0.6) is 5.75 Å². The van der Waals surface area contributed by atoms with Gasteiger partial charge in [0.05, 0.1) is 0 Å². The van der Waals surface area contributed by atoms with Crippen molar-refractivity contribution in [3.8, 4) is 5.75 Å². The molecule has 0 aliphatic carbocycles. The molecule has 1 aromatic heterocycles. The Morgan fingerprint density at radius 1 is 1.10 bits per heavy atom. The van der Waals surface area contributed by atoms with Crippen molar-refractivity contribution in [1.82, 2.24) is 10.2 Å². The summed E-state index contributed by atoms with van der Waals surface area (Å²) in [5.74, 6) is 2.91. The van der Waals surface area contributed by atoms with E-state index >= 15 is 0 Å². The van der Waals surface area contributed by atoms with Crippen molar-refractivity contribution < 1.29 is 9.15 Å². The number of guanidine groups is 1. The molecule has 0 saturated carbocycles. The molecular weight excluding hydrogens is 477 g/mol. The molecule has 0 atom stereocenters. The number of hydrogen-bond donors (Lipinski definition) is 1. The topological polar surface area (TPSA) is 50.0 Å². The molecule has 1 aliphatic rings. The standard InChI is InChI=1S/C23H27N3O2.HI/c1-24-23(25-14-11-21-17-18-7-5-6-10-22(18)28-21)26-15-12-20(13-16-26)27-19-8-3-2-4-9-19;/h2-10,17,20H,11-16H2,1H3,(H,24,25);1H. The number of furan rings is 1. The van der Waals surface area contributed by atoms with Gasteiger partial charge in [-0.05, 0) is 24.3 Å². The lowest BCUT2D eigenvalue weighted by atomic mass is 10.1. The molecule has 1 aliphatic heterocycles. The Morgan fingerprint density at radius 2 is 1.83 bits per heavy atom. The molecule has 1 saturated heterocycles. The van der Waals surface area contributed by atoms with E-state index in [-0.39, 0.29) is 30.1 Å². The van der Waals surface area contributed by atoms with Gasteiger partial charge < -0.3 is 19.4 Å². The zero-order chi connectivity index (χ0) is 19.2. The van der Waals surface area contributed by atoms with Crippen LogP contribution >= 0.6 is 24.0 Å². The molecule has 29 heavy (non-hydrogen) atoms. The zero-order valence-electron chi connectivity index (χ0n) is 16.7. The monoisotopic (exact) mass is 505 g/mol. The molecule has 0 radical (unpaired) electrons. The van der Waals surface area contributed by atoms with Gasteiger partial charge in [0, 0.05) is 51.3 Å². The van der Waals surface area contributed by atoms with Crippen molar-refractivity contribution in [3.05, 3.63) is 66.4 Å². The smallest absolute Gasteiger partial charge is 0.193 e. The molecule has 154 valence electrons. The van der Waals surface area contributed by atoms with Gasteiger partial charge in [0.2, 0.25) is 0 Å². The fraction of sp³-hybridized carbons (Fsp3) is 0.348. The number of nitrogens with zero attached hydrogens (tertiary/aromatic N) is 2. The van der Waals surface area contributed by atoms with Crippen molar-refractivity contribution in [1.29, 1.82) is 0 Å². The van der Waals surface area contributed by atoms with E-state index in [1.807, 2.05) is 55.6 Å². The van der Waals surface area contributed by atoms with E-state index in [1.165, 1.54) is 0 Å². The number of rotatable bonds is 5. The number of likely N-dealkylation sites (tertiary alicyclic amines) is 1. The van der Waals surface area contributed by atoms with Crippen molar-refractivity contribution in [3.63, 3.8) is 0 Å². The van der Waals surface area contributed by atoms with Crippen molar-refractivity contribution >= 4 is 40.9 Å². The lowest BCUT2D eigenvalue weighted by Gasteiger charge is -2.34. The maximum atomic E-state index is 6.09. The quantitative estimate of drug-likeness (QED) is 0.310. The number of aliphatic imine (C=N–C) groups is 1. The van der Waals surface area contributed by atoms with E-state index in [9.17, 15) is 0 Å². The number of fused-ring (bicyclic) bond motifs is 1. The molecule has 1 fully saturated rings. The van der Waals surface area contributed by atoms with Gasteiger partial charge in [-0.2, -0.15) is 0 Å². The highest BCUT2D eigenvalue weighted by Gasteiger charge is 2.22. The number of benzene rings is 2. The first-order valence-electron chi connectivity index (χ1n) is 9.96. The summed E-state index contributed by atoms with van der Waals surface area (Å²) < 4.78 is 12.0. The molecule has 1 N–H and O–H groups in total. The first-order chi connectivity index (χ1) is 13.8. The molecule has 2 heterocycles. The Hall–Kier alpha value is -2.22. The fourth-order valence-electron chi connectivity index (χ4n) is 3.67. The average Bonchev–Trinajstić information content (AvgIpc) is 3.16. The van der Waals surface area contributed by atoms with E-state index in [0.29, 0.717) is 0 Å². The van der Waals surface area contributed by atoms with Gasteiger partial charge in [-0.15, -0.1) is 24.0 Å². The van der Waals surface area contributed by atoms with E-state index in [0.717, 1.165) is 67.3 Å². The predicted molar refractivity (Wildman–Crippen MR) is 128 cm³/mol. The van der Waals surface area contributed by atoms with Crippen molar-refractivity contribution in [2.75, 3.05) is 26.7 Å². The summed E-state index contributed by atoms with van der Waals surface area (Å²) in [6.07, 6.45) is 3.10. The van der Waals surface area contributed by atoms with Crippen LogP contribution in [0.25, 0.3) is 11.0 Å². The second-order valence-corrected chi connectivity index (χ2v) is 7.09. The van der Waals surface area contributed by atoms with Gasteiger partial charge in [0.25, 0.3) is 0 Å². The Bertz CT molecular complexity index is 885. The fourth-order valence-corrected chi connectivity index (χ4v) is 3.67. The largest absolute Gasteiger partial charge is 0.490 e. The van der Waals surface area contributed by atoms with Gasteiger partial charge in [-0.25, -0.2) is 0 Å². The highest BCUT2D eigenvalue weighted by atomic mass is 127. The number of nitrogens with one attached hydrogen (secondary N) is 1. The van der Waals surface area contributed by atoms with Gasteiger partial charge in [0.1, 0.15) is 23.2 Å². The molecule has 0 unspecified atom stereocenters. The van der Waals surface area contributed by atoms with Crippen LogP contribution in [-0.4, -0.2) is 43.6 Å². The molecule has 0 amide bonds. The summed E-state index contributed by atoms with van der Waals surface area (Å²) in [7, 11) is 1.84. The van der Waals surface area contributed by atoms with Crippen LogP contribution < -0.4 is 10.1 Å². The number of ether oxygens (including phenoxy) is 1. The minimum atomic E-state index is 0. The molecule has 0 bridgehead atoms. The van der Waals surface area contributed by atoms with E-state index in [1.54, 1.807) is 0 Å². The molecule has 2 aromatic carbocycles. The molecule has 0 spiro atoms. The van der Waals surface area contributed by atoms with Gasteiger partial charge >= 0.3 is 0 Å². The van der Waals surface area contributed by atoms with E-state index in [2.05, 4.69) is 27.3 Å². The lowest BCUT2D eigenvalue weighted by molar-refractivity contribution is 0.129. The number of halogens is 1. The summed E-state index contributed by atoms with van der Waals surface area (Å²) in [5.41, 5.74) is 0.947. The van der Waals surface area contributed by atoms with Crippen molar-refractivity contribution in [2.45, 2.75) is 25.4 Å². The third-order valence-corrected chi connectivity index (χ3v) is 5.13. The van der Waals surface area contributed by atoms with Crippen LogP contribution in [0.3, 0.4) is 0 Å². The summed E-state index contributed by atoms with van der Waals surface area (Å²) in [6.45, 7) is 2.69. The molecule has 4 rings (SSSR count). The highest BCUT2D eigenvalue weighted by Crippen LogP contribution is 2.20. The molecule has 5 nitrogen and oxygen atoms in total. The summed E-state index contributed by atoms with van der Waals surface area (Å²) in [4.78, 5) is 6.76.